The summed E-state index contributed by atoms with van der Waals surface area (Å²) >= 11 is 2.79. The maximum absolute atomic E-state index is 12.6. The van der Waals surface area contributed by atoms with Crippen LogP contribution in [-0.2, 0) is 4.74 Å². The fourth-order valence-electron chi connectivity index (χ4n) is 1.02. The minimum atomic E-state index is -2.88. The maximum Gasteiger partial charge on any atom is 0.355 e. The van der Waals surface area contributed by atoms with Crippen LogP contribution < -0.4 is 5.56 Å². The number of rotatable bonds is 2. The normalized spacial score (nSPS) is 10.5. The molecule has 0 fully saturated rings. The lowest BCUT2D eigenvalue weighted by Crippen LogP contribution is -2.17. The third kappa shape index (κ3) is 2.41. The first-order chi connectivity index (χ1) is 6.97. The van der Waals surface area contributed by atoms with Gasteiger partial charge in [-0.3, -0.25) is 4.79 Å². The van der Waals surface area contributed by atoms with E-state index in [1.165, 1.54) is 0 Å². The highest BCUT2D eigenvalue weighted by atomic mass is 79.9. The molecule has 0 aromatic carbocycles. The fourth-order valence-corrected chi connectivity index (χ4v) is 1.59. The van der Waals surface area contributed by atoms with Crippen molar-refractivity contribution in [2.24, 2.45) is 0 Å². The van der Waals surface area contributed by atoms with Crippen molar-refractivity contribution in [2.75, 3.05) is 7.11 Å². The monoisotopic (exact) mass is 281 g/mol. The van der Waals surface area contributed by atoms with Gasteiger partial charge in [-0.25, -0.2) is 13.6 Å². The van der Waals surface area contributed by atoms with E-state index in [2.05, 4.69) is 20.7 Å². The highest BCUT2D eigenvalue weighted by Gasteiger charge is 2.23. The summed E-state index contributed by atoms with van der Waals surface area (Å²) in [4.78, 5) is 24.1. The Hall–Kier alpha value is -1.24. The first kappa shape index (κ1) is 11.8. The van der Waals surface area contributed by atoms with Crippen LogP contribution in [0, 0.1) is 0 Å². The second kappa shape index (κ2) is 4.52. The number of pyridine rings is 1. The van der Waals surface area contributed by atoms with E-state index in [0.29, 0.717) is 0 Å². The van der Waals surface area contributed by atoms with Crippen LogP contribution in [0.2, 0.25) is 0 Å². The number of nitrogens with one attached hydrogen (secondary N) is 1. The van der Waals surface area contributed by atoms with Gasteiger partial charge >= 0.3 is 5.97 Å². The molecule has 0 atom stereocenters. The van der Waals surface area contributed by atoms with Crippen molar-refractivity contribution in [3.05, 3.63) is 32.2 Å². The molecule has 0 spiro atoms. The van der Waals surface area contributed by atoms with E-state index in [0.717, 1.165) is 13.2 Å². The molecule has 1 aromatic heterocycles. The number of esters is 1. The summed E-state index contributed by atoms with van der Waals surface area (Å²) in [6, 6.07) is 0.925. The molecule has 1 N–H and O–H groups in total. The molecule has 0 radical (unpaired) electrons. The molecular formula is C8H6BrF2NO3. The molecule has 1 rings (SSSR count). The van der Waals surface area contributed by atoms with Gasteiger partial charge in [0.05, 0.1) is 12.7 Å². The van der Waals surface area contributed by atoms with Crippen LogP contribution in [0.5, 0.6) is 0 Å². The molecule has 4 nitrogen and oxygen atoms in total. The SMILES string of the molecule is COC(=O)c1[nH]c(=O)cc(Br)c1C(F)F. The zero-order valence-electron chi connectivity index (χ0n) is 7.51. The van der Waals surface area contributed by atoms with E-state index in [-0.39, 0.29) is 4.47 Å². The molecule has 0 aliphatic heterocycles. The molecule has 1 aromatic rings. The largest absolute Gasteiger partial charge is 0.464 e. The summed E-state index contributed by atoms with van der Waals surface area (Å²) in [6.45, 7) is 0. The van der Waals surface area contributed by atoms with Crippen LogP contribution in [0.1, 0.15) is 22.5 Å². The van der Waals surface area contributed by atoms with Gasteiger partial charge in [-0.1, -0.05) is 15.9 Å². The predicted molar refractivity (Wildman–Crippen MR) is 51.1 cm³/mol. The van der Waals surface area contributed by atoms with Crippen molar-refractivity contribution < 1.29 is 18.3 Å². The Bertz CT molecular complexity index is 444. The number of aromatic amines is 1. The number of carbonyl (C=O) groups excluding carboxylic acids is 1. The summed E-state index contributed by atoms with van der Waals surface area (Å²) < 4.78 is 29.3. The zero-order chi connectivity index (χ0) is 11.6. The zero-order valence-corrected chi connectivity index (χ0v) is 9.10. The van der Waals surface area contributed by atoms with E-state index >= 15 is 0 Å². The van der Waals surface area contributed by atoms with Gasteiger partial charge in [0, 0.05) is 10.5 Å². The fraction of sp³-hybridized carbons (Fsp3) is 0.250. The standard InChI is InChI=1S/C8H6BrF2NO3/c1-15-8(14)6-5(7(10)11)3(9)2-4(13)12-6/h2,7H,1H3,(H,12,13). The number of halogens is 3. The number of aromatic nitrogens is 1. The van der Waals surface area contributed by atoms with Gasteiger partial charge in [0.1, 0.15) is 5.69 Å². The van der Waals surface area contributed by atoms with Crippen molar-refractivity contribution >= 4 is 21.9 Å². The molecule has 15 heavy (non-hydrogen) atoms. The Labute approximate surface area is 91.4 Å². The minimum absolute atomic E-state index is 0.123. The molecule has 0 saturated carbocycles. The molecule has 0 unspecified atom stereocenters. The summed E-state index contributed by atoms with van der Waals surface area (Å²) in [5.74, 6) is -1.01. The molecule has 0 aliphatic rings. The number of hydrogen-bond donors (Lipinski definition) is 1. The number of methoxy groups -OCH3 is 1. The highest BCUT2D eigenvalue weighted by Crippen LogP contribution is 2.28. The first-order valence-electron chi connectivity index (χ1n) is 3.76. The molecule has 7 heteroatoms. The lowest BCUT2D eigenvalue weighted by molar-refractivity contribution is 0.0581. The van der Waals surface area contributed by atoms with Crippen molar-refractivity contribution in [1.82, 2.24) is 4.98 Å². The Balaban J connectivity index is 3.46. The second-order valence-corrected chi connectivity index (χ2v) is 3.42. The van der Waals surface area contributed by atoms with Gasteiger partial charge in [-0.2, -0.15) is 0 Å². The van der Waals surface area contributed by atoms with E-state index in [1.807, 2.05) is 4.98 Å². The molecule has 0 aliphatic carbocycles. The third-order valence-electron chi connectivity index (χ3n) is 1.64. The van der Waals surface area contributed by atoms with Gasteiger partial charge in [-0.15, -0.1) is 0 Å². The van der Waals surface area contributed by atoms with Gasteiger partial charge in [0.2, 0.25) is 5.56 Å². The van der Waals surface area contributed by atoms with E-state index in [1.54, 1.807) is 0 Å². The first-order valence-corrected chi connectivity index (χ1v) is 4.56. The summed E-state index contributed by atoms with van der Waals surface area (Å²) in [5.41, 5.74) is -1.78. The van der Waals surface area contributed by atoms with Gasteiger partial charge in [-0.05, 0) is 0 Å². The van der Waals surface area contributed by atoms with Gasteiger partial charge in [0.15, 0.2) is 0 Å². The van der Waals surface area contributed by atoms with Crippen LogP contribution in [0.15, 0.2) is 15.3 Å². The number of H-pyrrole nitrogens is 1. The number of hydrogen-bond acceptors (Lipinski definition) is 3. The summed E-state index contributed by atoms with van der Waals surface area (Å²) in [6.07, 6.45) is -2.88. The Morgan fingerprint density at radius 2 is 2.20 bits per heavy atom. The predicted octanol–water partition coefficient (Wildman–Crippen LogP) is 1.86. The van der Waals surface area contributed by atoms with Crippen molar-refractivity contribution in [3.8, 4) is 0 Å². The average molecular weight is 282 g/mol. The molecule has 82 valence electrons. The number of carbonyl (C=O) groups is 1. The van der Waals surface area contributed by atoms with E-state index < -0.39 is 29.2 Å². The number of alkyl halides is 2. The van der Waals surface area contributed by atoms with Crippen LogP contribution in [0.4, 0.5) is 8.78 Å². The van der Waals surface area contributed by atoms with E-state index in [9.17, 15) is 18.4 Å². The van der Waals surface area contributed by atoms with Crippen LogP contribution in [-0.4, -0.2) is 18.1 Å². The lowest BCUT2D eigenvalue weighted by Gasteiger charge is -2.08. The van der Waals surface area contributed by atoms with Crippen molar-refractivity contribution in [2.45, 2.75) is 6.43 Å². The smallest absolute Gasteiger partial charge is 0.355 e. The molecule has 0 amide bonds. The Morgan fingerprint density at radius 3 is 2.67 bits per heavy atom. The maximum atomic E-state index is 12.6. The van der Waals surface area contributed by atoms with Gasteiger partial charge < -0.3 is 9.72 Å². The molecule has 0 bridgehead atoms. The van der Waals surface area contributed by atoms with Crippen LogP contribution in [0.3, 0.4) is 0 Å². The summed E-state index contributed by atoms with van der Waals surface area (Å²) in [5, 5.41) is 0. The van der Waals surface area contributed by atoms with Crippen LogP contribution >= 0.6 is 15.9 Å². The lowest BCUT2D eigenvalue weighted by atomic mass is 10.2. The molecule has 0 saturated heterocycles. The second-order valence-electron chi connectivity index (χ2n) is 2.56. The Morgan fingerprint density at radius 1 is 1.60 bits per heavy atom. The molecular weight excluding hydrogens is 276 g/mol. The minimum Gasteiger partial charge on any atom is -0.464 e. The number of ether oxygens (including phenoxy) is 1. The Kier molecular flexibility index (Phi) is 3.57. The van der Waals surface area contributed by atoms with Crippen molar-refractivity contribution in [3.63, 3.8) is 0 Å². The highest BCUT2D eigenvalue weighted by molar-refractivity contribution is 9.10. The van der Waals surface area contributed by atoms with Crippen LogP contribution in [0.25, 0.3) is 0 Å². The summed E-state index contributed by atoms with van der Waals surface area (Å²) in [7, 11) is 1.04. The average Bonchev–Trinajstić information content (AvgIpc) is 2.14. The van der Waals surface area contributed by atoms with E-state index in [4.69, 9.17) is 0 Å². The topological polar surface area (TPSA) is 59.2 Å². The quantitative estimate of drug-likeness (QED) is 0.842. The molecule has 1 heterocycles. The third-order valence-corrected chi connectivity index (χ3v) is 2.30. The van der Waals surface area contributed by atoms with Crippen molar-refractivity contribution in [1.29, 1.82) is 0 Å². The van der Waals surface area contributed by atoms with Gasteiger partial charge in [0.25, 0.3) is 6.43 Å².